The lowest BCUT2D eigenvalue weighted by molar-refractivity contribution is 1.09. The number of aromatic nitrogens is 1. The Hall–Kier alpha value is -1.58. The third kappa shape index (κ3) is 2.71. The zero-order valence-electron chi connectivity index (χ0n) is 12.2. The van der Waals surface area contributed by atoms with E-state index < -0.39 is 0 Å². The van der Waals surface area contributed by atoms with Gasteiger partial charge in [0.15, 0.2) is 0 Å². The summed E-state index contributed by atoms with van der Waals surface area (Å²) in [6, 6.07) is 14.8. The molecular formula is C19H15Br2N. The van der Waals surface area contributed by atoms with E-state index in [0.717, 1.165) is 14.6 Å². The average Bonchev–Trinajstić information content (AvgIpc) is 2.77. The van der Waals surface area contributed by atoms with Crippen molar-refractivity contribution in [3.8, 4) is 5.69 Å². The molecule has 22 heavy (non-hydrogen) atoms. The average molecular weight is 417 g/mol. The fourth-order valence-electron chi connectivity index (χ4n) is 2.73. The van der Waals surface area contributed by atoms with Gasteiger partial charge in [0.2, 0.25) is 0 Å². The van der Waals surface area contributed by atoms with E-state index in [9.17, 15) is 0 Å². The van der Waals surface area contributed by atoms with Crippen LogP contribution in [-0.2, 0) is 0 Å². The lowest BCUT2D eigenvalue weighted by Crippen LogP contribution is -1.97. The molecule has 110 valence electrons. The molecule has 3 rings (SSSR count). The zero-order valence-corrected chi connectivity index (χ0v) is 15.4. The Morgan fingerprint density at radius 3 is 2.41 bits per heavy atom. The van der Waals surface area contributed by atoms with Gasteiger partial charge in [-0.05, 0) is 42.8 Å². The summed E-state index contributed by atoms with van der Waals surface area (Å²) in [5, 5.41) is 1.27. The Bertz CT molecular complexity index is 868. The molecule has 0 aliphatic rings. The first-order valence-corrected chi connectivity index (χ1v) is 8.56. The van der Waals surface area contributed by atoms with E-state index in [1.165, 1.54) is 22.2 Å². The molecule has 0 aliphatic carbocycles. The van der Waals surface area contributed by atoms with Crippen LogP contribution in [0.4, 0.5) is 0 Å². The number of benzene rings is 2. The van der Waals surface area contributed by atoms with Gasteiger partial charge in [-0.3, -0.25) is 0 Å². The quantitative estimate of drug-likeness (QED) is 0.420. The fraction of sp³-hybridized carbons (Fsp3) is 0.0526. The second-order valence-electron chi connectivity index (χ2n) is 5.09. The van der Waals surface area contributed by atoms with E-state index in [-0.39, 0.29) is 0 Å². The number of aryl methyl sites for hydroxylation is 1. The first kappa shape index (κ1) is 15.3. The molecule has 3 heteroatoms. The summed E-state index contributed by atoms with van der Waals surface area (Å²) >= 11 is 7.16. The summed E-state index contributed by atoms with van der Waals surface area (Å²) in [7, 11) is 0. The molecule has 1 nitrogen and oxygen atoms in total. The normalized spacial score (nSPS) is 11.4. The number of para-hydroxylation sites is 1. The Morgan fingerprint density at radius 1 is 1.05 bits per heavy atom. The molecule has 2 aromatic carbocycles. The smallest absolute Gasteiger partial charge is 0.0537 e. The van der Waals surface area contributed by atoms with Gasteiger partial charge in [-0.1, -0.05) is 68.8 Å². The maximum atomic E-state index is 3.78. The molecule has 0 fully saturated rings. The lowest BCUT2D eigenvalue weighted by Gasteiger charge is -2.10. The third-order valence-electron chi connectivity index (χ3n) is 3.67. The van der Waals surface area contributed by atoms with Crippen LogP contribution in [0, 0.1) is 6.92 Å². The van der Waals surface area contributed by atoms with Gasteiger partial charge >= 0.3 is 0 Å². The maximum absolute atomic E-state index is 3.78. The predicted octanol–water partition coefficient (Wildman–Crippen LogP) is 6.66. The van der Waals surface area contributed by atoms with Crippen molar-refractivity contribution < 1.29 is 0 Å². The van der Waals surface area contributed by atoms with Crippen LogP contribution in [0.5, 0.6) is 0 Å². The molecule has 0 spiro atoms. The number of fused-ring (bicyclic) bond motifs is 1. The molecule has 3 aromatic rings. The highest BCUT2D eigenvalue weighted by Gasteiger charge is 2.13. The van der Waals surface area contributed by atoms with Crippen molar-refractivity contribution in [3.05, 3.63) is 81.4 Å². The SMILES string of the molecule is C=C/C=C\c1c(C)c2ccccc2n1-c1cc(Br)cc(Br)c1. The topological polar surface area (TPSA) is 4.93 Å². The number of hydrogen-bond acceptors (Lipinski definition) is 0. The summed E-state index contributed by atoms with van der Waals surface area (Å²) in [5.41, 5.74) is 4.76. The van der Waals surface area contributed by atoms with Gasteiger partial charge in [0.25, 0.3) is 0 Å². The molecule has 0 saturated heterocycles. The molecule has 0 aliphatic heterocycles. The highest BCUT2D eigenvalue weighted by atomic mass is 79.9. The van der Waals surface area contributed by atoms with Crippen LogP contribution >= 0.6 is 31.9 Å². The van der Waals surface area contributed by atoms with Gasteiger partial charge in [-0.25, -0.2) is 0 Å². The van der Waals surface area contributed by atoms with Crippen molar-refractivity contribution in [1.82, 2.24) is 4.57 Å². The molecule has 0 amide bonds. The number of hydrogen-bond donors (Lipinski definition) is 0. The number of halogens is 2. The summed E-state index contributed by atoms with van der Waals surface area (Å²) in [6.07, 6.45) is 5.89. The van der Waals surface area contributed by atoms with Crippen molar-refractivity contribution in [2.24, 2.45) is 0 Å². The molecule has 0 radical (unpaired) electrons. The van der Waals surface area contributed by atoms with E-state index in [0.29, 0.717) is 0 Å². The Balaban J connectivity index is 2.40. The largest absolute Gasteiger partial charge is 0.310 e. The van der Waals surface area contributed by atoms with Crippen molar-refractivity contribution in [2.75, 3.05) is 0 Å². The minimum Gasteiger partial charge on any atom is -0.310 e. The van der Waals surface area contributed by atoms with Gasteiger partial charge in [0.05, 0.1) is 5.52 Å². The first-order valence-electron chi connectivity index (χ1n) is 6.97. The predicted molar refractivity (Wildman–Crippen MR) is 103 cm³/mol. The van der Waals surface area contributed by atoms with Gasteiger partial charge in [-0.2, -0.15) is 0 Å². The molecular weight excluding hydrogens is 402 g/mol. The molecule has 1 aromatic heterocycles. The monoisotopic (exact) mass is 415 g/mol. The van der Waals surface area contributed by atoms with E-state index in [2.05, 4.69) is 92.4 Å². The molecule has 0 unspecified atom stereocenters. The van der Waals surface area contributed by atoms with Crippen LogP contribution in [0.3, 0.4) is 0 Å². The lowest BCUT2D eigenvalue weighted by atomic mass is 10.1. The van der Waals surface area contributed by atoms with Gasteiger partial charge in [-0.15, -0.1) is 0 Å². The van der Waals surface area contributed by atoms with Crippen molar-refractivity contribution in [3.63, 3.8) is 0 Å². The summed E-state index contributed by atoms with van der Waals surface area (Å²) in [4.78, 5) is 0. The van der Waals surface area contributed by atoms with Crippen LogP contribution in [-0.4, -0.2) is 4.57 Å². The van der Waals surface area contributed by atoms with Crippen molar-refractivity contribution >= 4 is 48.8 Å². The Kier molecular flexibility index (Phi) is 4.37. The number of allylic oxidation sites excluding steroid dienone is 2. The molecule has 0 bridgehead atoms. The number of rotatable bonds is 3. The highest BCUT2D eigenvalue weighted by molar-refractivity contribution is 9.11. The van der Waals surface area contributed by atoms with Gasteiger partial charge in [0.1, 0.15) is 0 Å². The van der Waals surface area contributed by atoms with E-state index in [1.807, 2.05) is 12.1 Å². The molecule has 0 saturated carbocycles. The highest BCUT2D eigenvalue weighted by Crippen LogP contribution is 2.32. The summed E-state index contributed by atoms with van der Waals surface area (Å²) in [5.74, 6) is 0. The van der Waals surface area contributed by atoms with E-state index in [1.54, 1.807) is 6.08 Å². The van der Waals surface area contributed by atoms with Crippen LogP contribution in [0.1, 0.15) is 11.3 Å². The fourth-order valence-corrected chi connectivity index (χ4v) is 4.00. The minimum atomic E-state index is 1.05. The number of nitrogens with zero attached hydrogens (tertiary/aromatic N) is 1. The third-order valence-corrected chi connectivity index (χ3v) is 4.59. The zero-order chi connectivity index (χ0) is 15.7. The first-order chi connectivity index (χ1) is 10.6. The van der Waals surface area contributed by atoms with Crippen molar-refractivity contribution in [1.29, 1.82) is 0 Å². The van der Waals surface area contributed by atoms with Gasteiger partial charge in [0, 0.05) is 25.7 Å². The minimum absolute atomic E-state index is 1.05. The summed E-state index contributed by atoms with van der Waals surface area (Å²) in [6.45, 7) is 5.94. The molecule has 0 atom stereocenters. The van der Waals surface area contributed by atoms with E-state index >= 15 is 0 Å². The van der Waals surface area contributed by atoms with Crippen molar-refractivity contribution in [2.45, 2.75) is 6.92 Å². The second-order valence-corrected chi connectivity index (χ2v) is 6.92. The van der Waals surface area contributed by atoms with Crippen LogP contribution in [0.2, 0.25) is 0 Å². The van der Waals surface area contributed by atoms with Crippen LogP contribution in [0.15, 0.2) is 70.1 Å². The van der Waals surface area contributed by atoms with Gasteiger partial charge < -0.3 is 4.57 Å². The second kappa shape index (κ2) is 6.27. The Labute approximate surface area is 147 Å². The maximum Gasteiger partial charge on any atom is 0.0537 e. The van der Waals surface area contributed by atoms with E-state index in [4.69, 9.17) is 0 Å². The van der Waals surface area contributed by atoms with Crippen LogP contribution < -0.4 is 0 Å². The summed E-state index contributed by atoms with van der Waals surface area (Å²) < 4.78 is 4.37. The Morgan fingerprint density at radius 2 is 1.73 bits per heavy atom. The molecule has 1 heterocycles. The molecule has 0 N–H and O–H groups in total. The standard InChI is InChI=1S/C19H15Br2N/c1-3-4-8-18-13(2)17-7-5-6-9-19(17)22(18)16-11-14(20)10-15(21)12-16/h3-12H,1H2,2H3/b8-4-. The van der Waals surface area contributed by atoms with Crippen LogP contribution in [0.25, 0.3) is 22.7 Å².